The average Bonchev–Trinajstić information content (AvgIpc) is 3.01. The number of rotatable bonds is 4. The molecule has 4 bridgehead atoms. The molecule has 2 atom stereocenters. The first-order valence-corrected chi connectivity index (χ1v) is 9.98. The summed E-state index contributed by atoms with van der Waals surface area (Å²) < 4.78 is 5.73. The van der Waals surface area contributed by atoms with Crippen molar-refractivity contribution in [3.8, 4) is 0 Å². The zero-order valence-corrected chi connectivity index (χ0v) is 14.8. The monoisotopic (exact) mass is 340 g/mol. The summed E-state index contributed by atoms with van der Waals surface area (Å²) in [6.45, 7) is 1.40. The van der Waals surface area contributed by atoms with Gasteiger partial charge < -0.3 is 10.1 Å². The summed E-state index contributed by atoms with van der Waals surface area (Å²) in [5.41, 5.74) is 1.22. The molecule has 5 fully saturated rings. The van der Waals surface area contributed by atoms with E-state index in [1.165, 1.54) is 24.8 Å². The van der Waals surface area contributed by atoms with Crippen molar-refractivity contribution in [3.63, 3.8) is 0 Å². The van der Waals surface area contributed by atoms with Crippen molar-refractivity contribution in [1.29, 1.82) is 0 Å². The Morgan fingerprint density at radius 3 is 2.36 bits per heavy atom. The predicted molar refractivity (Wildman–Crippen MR) is 94.8 cm³/mol. The summed E-state index contributed by atoms with van der Waals surface area (Å²) in [5, 5.41) is 3.43. The molecule has 1 aromatic rings. The Morgan fingerprint density at radius 2 is 1.72 bits per heavy atom. The van der Waals surface area contributed by atoms with E-state index < -0.39 is 0 Å². The Kier molecular flexibility index (Phi) is 3.85. The van der Waals surface area contributed by atoms with Gasteiger partial charge in [0.2, 0.25) is 5.91 Å². The van der Waals surface area contributed by atoms with E-state index in [1.807, 2.05) is 12.4 Å². The number of pyridine rings is 1. The first-order chi connectivity index (χ1) is 12.2. The molecule has 0 spiro atoms. The summed E-state index contributed by atoms with van der Waals surface area (Å²) in [6.07, 6.45) is 12.2. The van der Waals surface area contributed by atoms with Crippen molar-refractivity contribution in [2.24, 2.45) is 29.1 Å². The Bertz CT molecular complexity index is 609. The minimum absolute atomic E-state index is 0.0570. The van der Waals surface area contributed by atoms with Gasteiger partial charge in [-0.2, -0.15) is 0 Å². The van der Waals surface area contributed by atoms with Gasteiger partial charge in [-0.15, -0.1) is 0 Å². The van der Waals surface area contributed by atoms with Gasteiger partial charge in [-0.3, -0.25) is 9.78 Å². The van der Waals surface area contributed by atoms with Crippen molar-refractivity contribution in [3.05, 3.63) is 30.1 Å². The molecule has 1 saturated heterocycles. The zero-order valence-electron chi connectivity index (χ0n) is 14.8. The molecule has 25 heavy (non-hydrogen) atoms. The average molecular weight is 340 g/mol. The highest BCUT2D eigenvalue weighted by atomic mass is 16.5. The van der Waals surface area contributed by atoms with Crippen molar-refractivity contribution in [2.45, 2.75) is 51.0 Å². The lowest BCUT2D eigenvalue weighted by Crippen LogP contribution is -2.56. The van der Waals surface area contributed by atoms with Crippen LogP contribution in [0.15, 0.2) is 24.5 Å². The van der Waals surface area contributed by atoms with Gasteiger partial charge in [-0.25, -0.2) is 0 Å². The number of amides is 1. The molecule has 2 heterocycles. The fourth-order valence-electron chi connectivity index (χ4n) is 6.49. The molecule has 4 aliphatic carbocycles. The maximum atomic E-state index is 13.3. The summed E-state index contributed by atoms with van der Waals surface area (Å²) in [6, 6.07) is 4.29. The van der Waals surface area contributed by atoms with Crippen molar-refractivity contribution in [1.82, 2.24) is 10.3 Å². The molecule has 0 unspecified atom stereocenters. The van der Waals surface area contributed by atoms with Crippen LogP contribution in [0.5, 0.6) is 0 Å². The van der Waals surface area contributed by atoms with Gasteiger partial charge in [0.1, 0.15) is 0 Å². The van der Waals surface area contributed by atoms with Crippen molar-refractivity contribution < 1.29 is 9.53 Å². The molecule has 134 valence electrons. The van der Waals surface area contributed by atoms with E-state index in [2.05, 4.69) is 22.4 Å². The van der Waals surface area contributed by atoms with Crippen LogP contribution in [-0.2, 0) is 16.0 Å². The van der Waals surface area contributed by atoms with Crippen LogP contribution in [0.25, 0.3) is 0 Å². The van der Waals surface area contributed by atoms with E-state index >= 15 is 0 Å². The molecule has 4 saturated carbocycles. The number of nitrogens with zero attached hydrogens (tertiary/aromatic N) is 1. The van der Waals surface area contributed by atoms with E-state index in [0.717, 1.165) is 50.0 Å². The van der Waals surface area contributed by atoms with Gasteiger partial charge in [0.05, 0.1) is 19.3 Å². The van der Waals surface area contributed by atoms with Crippen molar-refractivity contribution >= 4 is 5.91 Å². The summed E-state index contributed by atoms with van der Waals surface area (Å²) in [4.78, 5) is 17.4. The Hall–Kier alpha value is -1.42. The normalized spacial score (nSPS) is 41.8. The highest BCUT2D eigenvalue weighted by molar-refractivity contribution is 5.83. The smallest absolute Gasteiger partial charge is 0.226 e. The molecule has 0 radical (unpaired) electrons. The van der Waals surface area contributed by atoms with Gasteiger partial charge in [0.25, 0.3) is 0 Å². The first-order valence-electron chi connectivity index (χ1n) is 9.98. The fourth-order valence-corrected chi connectivity index (χ4v) is 6.49. The van der Waals surface area contributed by atoms with E-state index in [9.17, 15) is 4.79 Å². The highest BCUT2D eigenvalue weighted by Gasteiger charge is 2.55. The zero-order chi connectivity index (χ0) is 16.9. The minimum Gasteiger partial charge on any atom is -0.379 e. The lowest BCUT2D eigenvalue weighted by atomic mass is 9.49. The minimum atomic E-state index is -0.0570. The third-order valence-electron chi connectivity index (χ3n) is 7.28. The van der Waals surface area contributed by atoms with Gasteiger partial charge in [-0.05, 0) is 80.4 Å². The molecule has 1 amide bonds. The molecular weight excluding hydrogens is 312 g/mol. The lowest BCUT2D eigenvalue weighted by Gasteiger charge is -2.55. The molecule has 0 aromatic carbocycles. The van der Waals surface area contributed by atoms with E-state index in [-0.39, 0.29) is 11.5 Å². The van der Waals surface area contributed by atoms with Crippen LogP contribution in [0.1, 0.15) is 44.1 Å². The largest absolute Gasteiger partial charge is 0.379 e. The van der Waals surface area contributed by atoms with Crippen LogP contribution in [0.2, 0.25) is 0 Å². The fraction of sp³-hybridized carbons (Fsp3) is 0.714. The topological polar surface area (TPSA) is 51.2 Å². The van der Waals surface area contributed by atoms with Crippen LogP contribution in [-0.4, -0.2) is 30.1 Å². The van der Waals surface area contributed by atoms with Crippen LogP contribution in [0.3, 0.4) is 0 Å². The van der Waals surface area contributed by atoms with E-state index in [1.54, 1.807) is 0 Å². The SMILES string of the molecule is O=C(N[C@@H]1COC[C@H]1Cc1ccncc1)C12CC3CC(CC(C3)C1)C2. The molecule has 1 aromatic heterocycles. The van der Waals surface area contributed by atoms with Gasteiger partial charge >= 0.3 is 0 Å². The molecule has 5 aliphatic rings. The standard InChI is InChI=1S/C21H28N2O2/c24-20(21-9-15-5-16(10-21)7-17(6-15)11-21)23-19-13-25-12-18(19)8-14-1-3-22-4-2-14/h1-4,15-19H,5-13H2,(H,23,24)/t15?,16?,17?,18-,19-,21?/m1/s1. The highest BCUT2D eigenvalue weighted by Crippen LogP contribution is 2.60. The third kappa shape index (κ3) is 2.88. The van der Waals surface area contributed by atoms with E-state index in [4.69, 9.17) is 4.74 Å². The Morgan fingerprint density at radius 1 is 1.08 bits per heavy atom. The van der Waals surface area contributed by atoms with Crippen LogP contribution in [0, 0.1) is 29.1 Å². The van der Waals surface area contributed by atoms with Crippen LogP contribution in [0.4, 0.5) is 0 Å². The molecular formula is C21H28N2O2. The number of nitrogens with one attached hydrogen (secondary N) is 1. The molecule has 4 heteroatoms. The number of hydrogen-bond donors (Lipinski definition) is 1. The second kappa shape index (κ2) is 6.08. The number of carbonyl (C=O) groups is 1. The third-order valence-corrected chi connectivity index (χ3v) is 7.28. The number of ether oxygens (including phenoxy) is 1. The van der Waals surface area contributed by atoms with Gasteiger partial charge in [0.15, 0.2) is 0 Å². The van der Waals surface area contributed by atoms with Gasteiger partial charge in [-0.1, -0.05) is 0 Å². The summed E-state index contributed by atoms with van der Waals surface area (Å²) in [7, 11) is 0. The second-order valence-electron chi connectivity index (χ2n) is 9.13. The quantitative estimate of drug-likeness (QED) is 0.917. The van der Waals surface area contributed by atoms with Crippen LogP contribution >= 0.6 is 0 Å². The second-order valence-corrected chi connectivity index (χ2v) is 9.13. The molecule has 1 aliphatic heterocycles. The Labute approximate surface area is 149 Å². The first kappa shape index (κ1) is 15.8. The summed E-state index contributed by atoms with van der Waals surface area (Å²) >= 11 is 0. The summed E-state index contributed by atoms with van der Waals surface area (Å²) in [5.74, 6) is 3.14. The van der Waals surface area contributed by atoms with Gasteiger partial charge in [0, 0.05) is 23.7 Å². The Balaban J connectivity index is 1.27. The number of carbonyl (C=O) groups excluding carboxylic acids is 1. The van der Waals surface area contributed by atoms with E-state index in [0.29, 0.717) is 18.4 Å². The number of hydrogen-bond acceptors (Lipinski definition) is 3. The van der Waals surface area contributed by atoms with Crippen LogP contribution < -0.4 is 5.32 Å². The molecule has 1 N–H and O–H groups in total. The van der Waals surface area contributed by atoms with Crippen molar-refractivity contribution in [2.75, 3.05) is 13.2 Å². The maximum absolute atomic E-state index is 13.3. The number of aromatic nitrogens is 1. The predicted octanol–water partition coefficient (Wildman–Crippen LogP) is 2.97. The molecule has 4 nitrogen and oxygen atoms in total. The maximum Gasteiger partial charge on any atom is 0.226 e. The molecule has 6 rings (SSSR count). The lowest BCUT2D eigenvalue weighted by molar-refractivity contribution is -0.147.